The van der Waals surface area contributed by atoms with Crippen molar-refractivity contribution in [1.29, 1.82) is 0 Å². The molecule has 1 N–H and O–H groups in total. The van der Waals surface area contributed by atoms with E-state index in [0.717, 1.165) is 30.3 Å². The average Bonchev–Trinajstić information content (AvgIpc) is 2.65. The lowest BCUT2D eigenvalue weighted by molar-refractivity contribution is 0.483. The van der Waals surface area contributed by atoms with Crippen molar-refractivity contribution in [2.45, 2.75) is 26.8 Å². The van der Waals surface area contributed by atoms with Gasteiger partial charge in [0.2, 0.25) is 0 Å². The molecule has 0 radical (unpaired) electrons. The van der Waals surface area contributed by atoms with Gasteiger partial charge in [-0.3, -0.25) is 0 Å². The van der Waals surface area contributed by atoms with E-state index >= 15 is 0 Å². The predicted octanol–water partition coefficient (Wildman–Crippen LogP) is 2.11. The van der Waals surface area contributed by atoms with Gasteiger partial charge in [-0.1, -0.05) is 0 Å². The molecule has 1 saturated heterocycles. The number of aryl methyl sites for hydroxylation is 2. The fraction of sp³-hybridized carbons (Fsp3) is 0.538. The largest absolute Gasteiger partial charge is 0.353 e. The van der Waals surface area contributed by atoms with Gasteiger partial charge in [0.05, 0.1) is 5.39 Å². The van der Waals surface area contributed by atoms with Crippen LogP contribution in [0.3, 0.4) is 0 Å². The van der Waals surface area contributed by atoms with E-state index in [1.54, 1.807) is 17.7 Å². The van der Waals surface area contributed by atoms with Gasteiger partial charge in [0.1, 0.15) is 17.0 Å². The number of fused-ring (bicyclic) bond motifs is 1. The van der Waals surface area contributed by atoms with E-state index in [1.807, 2.05) is 0 Å². The van der Waals surface area contributed by atoms with Gasteiger partial charge in [0, 0.05) is 30.6 Å². The highest BCUT2D eigenvalue weighted by atomic mass is 32.1. The summed E-state index contributed by atoms with van der Waals surface area (Å²) < 4.78 is 0. The Morgan fingerprint density at radius 1 is 1.39 bits per heavy atom. The topological polar surface area (TPSA) is 41.1 Å². The number of nitrogens with one attached hydrogen (secondary N) is 1. The van der Waals surface area contributed by atoms with E-state index in [2.05, 4.69) is 41.0 Å². The molecule has 2 aromatic rings. The first-order valence-corrected chi connectivity index (χ1v) is 7.17. The van der Waals surface area contributed by atoms with Gasteiger partial charge in [0.15, 0.2) is 0 Å². The highest BCUT2D eigenvalue weighted by molar-refractivity contribution is 7.18. The van der Waals surface area contributed by atoms with Crippen molar-refractivity contribution in [3.05, 3.63) is 16.8 Å². The summed E-state index contributed by atoms with van der Waals surface area (Å²) in [6.07, 6.45) is 1.69. The average molecular weight is 262 g/mol. The van der Waals surface area contributed by atoms with E-state index < -0.39 is 0 Å². The number of piperazine rings is 1. The maximum Gasteiger partial charge on any atom is 0.141 e. The minimum absolute atomic E-state index is 0.517. The number of rotatable bonds is 1. The standard InChI is InChI=1S/C13H18N4S/c1-8-6-17(5-4-14-8)12-11-9(2)10(3)18-13(11)16-7-15-12/h7-8,14H,4-6H2,1-3H3/t8-/m1/s1. The van der Waals surface area contributed by atoms with Crippen LogP contribution in [0.1, 0.15) is 17.4 Å². The molecule has 4 nitrogen and oxygen atoms in total. The van der Waals surface area contributed by atoms with Crippen molar-refractivity contribution in [2.75, 3.05) is 24.5 Å². The van der Waals surface area contributed by atoms with Crippen molar-refractivity contribution in [1.82, 2.24) is 15.3 Å². The number of hydrogen-bond acceptors (Lipinski definition) is 5. The zero-order chi connectivity index (χ0) is 12.7. The molecule has 2 aromatic heterocycles. The zero-order valence-electron chi connectivity index (χ0n) is 11.0. The summed E-state index contributed by atoms with van der Waals surface area (Å²) in [6.45, 7) is 9.61. The Morgan fingerprint density at radius 3 is 3.00 bits per heavy atom. The van der Waals surface area contributed by atoms with Crippen LogP contribution in [-0.4, -0.2) is 35.6 Å². The van der Waals surface area contributed by atoms with Crippen molar-refractivity contribution in [3.63, 3.8) is 0 Å². The molecule has 0 bridgehead atoms. The number of thiophene rings is 1. The van der Waals surface area contributed by atoms with Crippen LogP contribution in [0.2, 0.25) is 0 Å². The van der Waals surface area contributed by atoms with Gasteiger partial charge >= 0.3 is 0 Å². The van der Waals surface area contributed by atoms with Crippen LogP contribution in [0.5, 0.6) is 0 Å². The van der Waals surface area contributed by atoms with Crippen LogP contribution in [0, 0.1) is 13.8 Å². The second-order valence-electron chi connectivity index (χ2n) is 4.96. The fourth-order valence-corrected chi connectivity index (χ4v) is 3.52. The smallest absolute Gasteiger partial charge is 0.141 e. The van der Waals surface area contributed by atoms with Crippen molar-refractivity contribution >= 4 is 27.4 Å². The maximum atomic E-state index is 4.53. The monoisotopic (exact) mass is 262 g/mol. The van der Waals surface area contributed by atoms with Crippen LogP contribution in [0.25, 0.3) is 10.2 Å². The minimum atomic E-state index is 0.517. The summed E-state index contributed by atoms with van der Waals surface area (Å²) in [5.74, 6) is 1.11. The van der Waals surface area contributed by atoms with Gasteiger partial charge in [-0.05, 0) is 26.3 Å². The number of hydrogen-bond donors (Lipinski definition) is 1. The highest BCUT2D eigenvalue weighted by Gasteiger charge is 2.21. The Hall–Kier alpha value is -1.20. The molecule has 1 atom stereocenters. The molecule has 0 amide bonds. The second kappa shape index (κ2) is 4.48. The second-order valence-corrected chi connectivity index (χ2v) is 6.17. The molecular formula is C13H18N4S. The summed E-state index contributed by atoms with van der Waals surface area (Å²) in [5.41, 5.74) is 1.33. The number of nitrogens with zero attached hydrogens (tertiary/aromatic N) is 3. The Balaban J connectivity index is 2.10. The summed E-state index contributed by atoms with van der Waals surface area (Å²) >= 11 is 1.76. The molecule has 18 heavy (non-hydrogen) atoms. The van der Waals surface area contributed by atoms with Gasteiger partial charge in [-0.2, -0.15) is 0 Å². The quantitative estimate of drug-likeness (QED) is 0.854. The van der Waals surface area contributed by atoms with E-state index in [9.17, 15) is 0 Å². The molecule has 0 aliphatic carbocycles. The Bertz CT molecular complexity index is 578. The third-order valence-corrected chi connectivity index (χ3v) is 4.73. The summed E-state index contributed by atoms with van der Waals surface area (Å²) in [6, 6.07) is 0.517. The molecule has 96 valence electrons. The van der Waals surface area contributed by atoms with Gasteiger partial charge in [0.25, 0.3) is 0 Å². The van der Waals surface area contributed by atoms with Crippen molar-refractivity contribution < 1.29 is 0 Å². The minimum Gasteiger partial charge on any atom is -0.353 e. The van der Waals surface area contributed by atoms with Gasteiger partial charge in [-0.15, -0.1) is 11.3 Å². The summed E-state index contributed by atoms with van der Waals surface area (Å²) in [7, 11) is 0. The molecule has 0 unspecified atom stereocenters. The third kappa shape index (κ3) is 1.87. The molecule has 3 rings (SSSR count). The van der Waals surface area contributed by atoms with Crippen LogP contribution >= 0.6 is 11.3 Å². The van der Waals surface area contributed by atoms with Crippen molar-refractivity contribution in [3.8, 4) is 0 Å². The fourth-order valence-electron chi connectivity index (χ4n) is 2.53. The highest BCUT2D eigenvalue weighted by Crippen LogP contribution is 2.34. The normalized spacial score (nSPS) is 20.6. The molecule has 1 aliphatic rings. The van der Waals surface area contributed by atoms with Crippen LogP contribution < -0.4 is 10.2 Å². The lowest BCUT2D eigenvalue weighted by atomic mass is 10.1. The molecule has 0 aromatic carbocycles. The molecule has 0 saturated carbocycles. The first-order valence-electron chi connectivity index (χ1n) is 6.36. The summed E-state index contributed by atoms with van der Waals surface area (Å²) in [5, 5.41) is 4.71. The molecule has 3 heterocycles. The van der Waals surface area contributed by atoms with E-state index in [-0.39, 0.29) is 0 Å². The Kier molecular flexibility index (Phi) is 2.95. The van der Waals surface area contributed by atoms with Crippen LogP contribution in [0.4, 0.5) is 5.82 Å². The van der Waals surface area contributed by atoms with E-state index in [4.69, 9.17) is 0 Å². The SMILES string of the molecule is Cc1sc2ncnc(N3CCN[C@H](C)C3)c2c1C. The Morgan fingerprint density at radius 2 is 2.22 bits per heavy atom. The van der Waals surface area contributed by atoms with Crippen molar-refractivity contribution in [2.24, 2.45) is 0 Å². The maximum absolute atomic E-state index is 4.53. The molecule has 0 spiro atoms. The number of aromatic nitrogens is 2. The lowest BCUT2D eigenvalue weighted by Crippen LogP contribution is -2.49. The molecule has 5 heteroatoms. The molecule has 1 aliphatic heterocycles. The first-order chi connectivity index (χ1) is 8.66. The Labute approximate surface area is 111 Å². The molecular weight excluding hydrogens is 244 g/mol. The van der Waals surface area contributed by atoms with E-state index in [0.29, 0.717) is 6.04 Å². The zero-order valence-corrected chi connectivity index (χ0v) is 11.8. The van der Waals surface area contributed by atoms with Crippen LogP contribution in [0.15, 0.2) is 6.33 Å². The van der Waals surface area contributed by atoms with Gasteiger partial charge < -0.3 is 10.2 Å². The molecule has 1 fully saturated rings. The van der Waals surface area contributed by atoms with Crippen LogP contribution in [-0.2, 0) is 0 Å². The number of anilines is 1. The van der Waals surface area contributed by atoms with E-state index in [1.165, 1.54) is 15.8 Å². The van der Waals surface area contributed by atoms with Gasteiger partial charge in [-0.25, -0.2) is 9.97 Å². The lowest BCUT2D eigenvalue weighted by Gasteiger charge is -2.33. The summed E-state index contributed by atoms with van der Waals surface area (Å²) in [4.78, 5) is 13.8. The first kappa shape index (κ1) is 11.9. The third-order valence-electron chi connectivity index (χ3n) is 3.61. The predicted molar refractivity (Wildman–Crippen MR) is 76.6 cm³/mol.